The molecule has 0 saturated carbocycles. The van der Waals surface area contributed by atoms with E-state index in [-0.39, 0.29) is 28.0 Å². The minimum Gasteiger partial charge on any atom is -0.488 e. The molecule has 4 aliphatic rings. The molecule has 13 heteroatoms. The van der Waals surface area contributed by atoms with E-state index in [1.165, 1.54) is 0 Å². The van der Waals surface area contributed by atoms with Gasteiger partial charge in [0.1, 0.15) is 18.3 Å². The summed E-state index contributed by atoms with van der Waals surface area (Å²) >= 11 is 8.00. The third-order valence-corrected chi connectivity index (χ3v) is 10.2. The second-order valence-electron chi connectivity index (χ2n) is 11.6. The summed E-state index contributed by atoms with van der Waals surface area (Å²) in [5, 5.41) is 8.73. The van der Waals surface area contributed by atoms with Crippen LogP contribution in [0.3, 0.4) is 0 Å². The van der Waals surface area contributed by atoms with E-state index in [0.29, 0.717) is 57.7 Å². The summed E-state index contributed by atoms with van der Waals surface area (Å²) in [5.74, 6) is 0.576. The number of likely N-dealkylation sites (N-methyl/N-ethyl adjacent to an activating group) is 1. The van der Waals surface area contributed by atoms with E-state index in [0.717, 1.165) is 68.2 Å². The van der Waals surface area contributed by atoms with Crippen LogP contribution in [-0.4, -0.2) is 83.9 Å². The molecule has 2 aromatic heterocycles. The lowest BCUT2D eigenvalue weighted by Crippen LogP contribution is -2.52. The number of aromatic nitrogens is 3. The summed E-state index contributed by atoms with van der Waals surface area (Å²) in [6.45, 7) is 7.88. The third-order valence-electron chi connectivity index (χ3n) is 8.93. The first kappa shape index (κ1) is 27.8. The maximum absolute atomic E-state index is 14.7. The Bertz CT molecular complexity index is 1750. The molecule has 3 aromatic rings. The van der Waals surface area contributed by atoms with Gasteiger partial charge < -0.3 is 26.0 Å². The van der Waals surface area contributed by atoms with Crippen molar-refractivity contribution in [2.45, 2.75) is 43.4 Å². The van der Waals surface area contributed by atoms with E-state index < -0.39 is 5.83 Å². The molecule has 4 aliphatic heterocycles. The van der Waals surface area contributed by atoms with Gasteiger partial charge in [0.25, 0.3) is 0 Å². The lowest BCUT2D eigenvalue weighted by Gasteiger charge is -2.36. The number of fused-ring (bicyclic) bond motifs is 2. The molecule has 42 heavy (non-hydrogen) atoms. The van der Waals surface area contributed by atoms with Gasteiger partial charge >= 0.3 is 5.69 Å². The van der Waals surface area contributed by atoms with Crippen LogP contribution < -0.4 is 41.6 Å². The molecule has 6 heterocycles. The lowest BCUT2D eigenvalue weighted by atomic mass is 10.0. The Kier molecular flexibility index (Phi) is 7.22. The van der Waals surface area contributed by atoms with Crippen molar-refractivity contribution in [1.82, 2.24) is 30.1 Å². The predicted octanol–water partition coefficient (Wildman–Crippen LogP) is 1.35. The normalized spacial score (nSPS) is 26.6. The average molecular weight is 613 g/mol. The Morgan fingerprint density at radius 3 is 2.81 bits per heavy atom. The number of nitrogens with two attached hydrogens (primary N) is 1. The second kappa shape index (κ2) is 10.9. The van der Waals surface area contributed by atoms with Gasteiger partial charge in [0, 0.05) is 55.3 Å². The van der Waals surface area contributed by atoms with Crippen molar-refractivity contribution in [3.05, 3.63) is 49.7 Å². The first-order valence-electron chi connectivity index (χ1n) is 14.4. The zero-order chi connectivity index (χ0) is 29.1. The summed E-state index contributed by atoms with van der Waals surface area (Å²) in [4.78, 5) is 27.5. The Balaban J connectivity index is 1.43. The number of likely N-dealkylation sites (tertiary alicyclic amines) is 1. The van der Waals surface area contributed by atoms with E-state index in [1.54, 1.807) is 10.6 Å². The molecular weight excluding hydrogens is 579 g/mol. The molecule has 10 nitrogen and oxygen atoms in total. The highest BCUT2D eigenvalue weighted by atomic mass is 35.5. The summed E-state index contributed by atoms with van der Waals surface area (Å²) in [6.07, 6.45) is 6.07. The molecular formula is C29H34ClFN8O2S. The van der Waals surface area contributed by atoms with E-state index in [4.69, 9.17) is 22.1 Å². The van der Waals surface area contributed by atoms with Crippen molar-refractivity contribution < 1.29 is 9.13 Å². The molecule has 4 N–H and O–H groups in total. The molecule has 4 atom stereocenters. The standard InChI is InChI=1S/C29H34ClFN8O2S/c1-3-22(31)26-23(35-28(32)42-26)9-19-21(30)8-20-24-25(19)41-14-18(13-37-7-6-15(10-37)33-2)39(24)29(40)36-27(20)38-11-16-4-5-17(12-38)34-16/h3,8-9,15-18,33-34H,1,4-7,10-14H2,2H3,(H2,32,35)/b23-9-,26-22-. The van der Waals surface area contributed by atoms with Crippen LogP contribution in [0.1, 0.15) is 30.9 Å². The van der Waals surface area contributed by atoms with Crippen LogP contribution in [-0.2, 0) is 0 Å². The van der Waals surface area contributed by atoms with Crippen molar-refractivity contribution >= 4 is 56.7 Å². The number of ether oxygens (including phenoxy) is 1. The topological polar surface area (TPSA) is 114 Å². The van der Waals surface area contributed by atoms with E-state index in [9.17, 15) is 9.18 Å². The van der Waals surface area contributed by atoms with Gasteiger partial charge in [0.05, 0.1) is 26.5 Å². The number of thiazole rings is 1. The van der Waals surface area contributed by atoms with Crippen molar-refractivity contribution in [2.24, 2.45) is 0 Å². The Labute approximate surface area is 251 Å². The SMILES string of the molecule is C=C/C(F)=c1/sc(N)n/c1=C\c1c(Cl)cc2c(N3CC4CCC(C3)N4)nc(=O)n3c2c1OCC3CN1CCC(NC)C1. The maximum Gasteiger partial charge on any atom is 0.350 e. The number of anilines is 2. The zero-order valence-electron chi connectivity index (χ0n) is 23.4. The van der Waals surface area contributed by atoms with E-state index in [2.05, 4.69) is 37.0 Å². The van der Waals surface area contributed by atoms with Gasteiger partial charge in [-0.3, -0.25) is 9.47 Å². The number of rotatable bonds is 6. The average Bonchev–Trinajstić information content (AvgIpc) is 3.69. The van der Waals surface area contributed by atoms with Gasteiger partial charge in [0.2, 0.25) is 0 Å². The highest BCUT2D eigenvalue weighted by Gasteiger charge is 2.36. The summed E-state index contributed by atoms with van der Waals surface area (Å²) in [5.41, 5.74) is 6.83. The molecule has 3 saturated heterocycles. The number of halogens is 2. The fourth-order valence-electron chi connectivity index (χ4n) is 6.94. The zero-order valence-corrected chi connectivity index (χ0v) is 25.0. The maximum atomic E-state index is 14.7. The number of allylic oxidation sites excluding steroid dienone is 1. The molecule has 222 valence electrons. The van der Waals surface area contributed by atoms with Gasteiger partial charge in [-0.1, -0.05) is 29.5 Å². The van der Waals surface area contributed by atoms with Crippen LogP contribution in [0, 0.1) is 0 Å². The van der Waals surface area contributed by atoms with Crippen molar-refractivity contribution in [3.63, 3.8) is 0 Å². The van der Waals surface area contributed by atoms with Gasteiger partial charge in [-0.25, -0.2) is 14.2 Å². The molecule has 7 rings (SSSR count). The Hall–Kier alpha value is -3.03. The number of hydrogen-bond acceptors (Lipinski definition) is 10. The number of hydrogen-bond donors (Lipinski definition) is 3. The van der Waals surface area contributed by atoms with Gasteiger partial charge in [-0.05, 0) is 51.1 Å². The quantitative estimate of drug-likeness (QED) is 0.380. The molecule has 1 aromatic carbocycles. The van der Waals surface area contributed by atoms with Gasteiger partial charge in [-0.2, -0.15) is 4.98 Å². The summed E-state index contributed by atoms with van der Waals surface area (Å²) in [6, 6.07) is 2.78. The largest absolute Gasteiger partial charge is 0.488 e. The van der Waals surface area contributed by atoms with E-state index >= 15 is 0 Å². The van der Waals surface area contributed by atoms with Crippen LogP contribution in [0.2, 0.25) is 5.02 Å². The van der Waals surface area contributed by atoms with Gasteiger partial charge in [-0.15, -0.1) is 0 Å². The number of nitrogens with zero attached hydrogens (tertiary/aromatic N) is 5. The number of piperazine rings is 1. The fourth-order valence-corrected chi connectivity index (χ4v) is 7.93. The first-order chi connectivity index (χ1) is 20.3. The molecule has 4 unspecified atom stereocenters. The summed E-state index contributed by atoms with van der Waals surface area (Å²) in [7, 11) is 1.98. The molecule has 0 amide bonds. The fraction of sp³-hybridized carbons (Fsp3) is 0.483. The Morgan fingerprint density at radius 1 is 1.31 bits per heavy atom. The van der Waals surface area contributed by atoms with Crippen LogP contribution in [0.4, 0.5) is 15.3 Å². The first-order valence-corrected chi connectivity index (χ1v) is 15.6. The van der Waals surface area contributed by atoms with Gasteiger partial charge in [0.15, 0.2) is 10.9 Å². The summed E-state index contributed by atoms with van der Waals surface area (Å²) < 4.78 is 23.2. The molecule has 0 aliphatic carbocycles. The highest BCUT2D eigenvalue weighted by Crippen LogP contribution is 2.42. The highest BCUT2D eigenvalue weighted by molar-refractivity contribution is 7.13. The minimum atomic E-state index is -0.524. The van der Waals surface area contributed by atoms with Crippen molar-refractivity contribution in [2.75, 3.05) is 57.0 Å². The monoisotopic (exact) mass is 612 g/mol. The lowest BCUT2D eigenvalue weighted by molar-refractivity contribution is 0.182. The number of nitrogen functional groups attached to an aromatic ring is 1. The number of nitrogens with one attached hydrogen (secondary N) is 2. The van der Waals surface area contributed by atoms with Crippen LogP contribution in [0.25, 0.3) is 22.8 Å². The minimum absolute atomic E-state index is 0.224. The molecule has 0 spiro atoms. The van der Waals surface area contributed by atoms with Crippen LogP contribution in [0.15, 0.2) is 23.5 Å². The second-order valence-corrected chi connectivity index (χ2v) is 13.0. The molecule has 2 bridgehead atoms. The van der Waals surface area contributed by atoms with Crippen LogP contribution >= 0.6 is 22.9 Å². The third kappa shape index (κ3) is 4.79. The van der Waals surface area contributed by atoms with Crippen molar-refractivity contribution in [1.29, 1.82) is 0 Å². The van der Waals surface area contributed by atoms with E-state index in [1.807, 2.05) is 13.1 Å². The Morgan fingerprint density at radius 2 is 2.10 bits per heavy atom. The predicted molar refractivity (Wildman–Crippen MR) is 166 cm³/mol. The number of benzene rings is 1. The van der Waals surface area contributed by atoms with Crippen LogP contribution in [0.5, 0.6) is 5.75 Å². The smallest absolute Gasteiger partial charge is 0.350 e. The molecule has 3 fully saturated rings. The van der Waals surface area contributed by atoms with Crippen molar-refractivity contribution in [3.8, 4) is 5.75 Å². The molecule has 0 radical (unpaired) electrons.